The van der Waals surface area contributed by atoms with Crippen LogP contribution in [0.2, 0.25) is 0 Å². The van der Waals surface area contributed by atoms with Gasteiger partial charge in [0.05, 0.1) is 16.8 Å². The number of hydrogen-bond donors (Lipinski definition) is 2. The number of anilines is 2. The summed E-state index contributed by atoms with van der Waals surface area (Å²) >= 11 is 0. The summed E-state index contributed by atoms with van der Waals surface area (Å²) in [6, 6.07) is 17.4. The van der Waals surface area contributed by atoms with Gasteiger partial charge in [0.15, 0.2) is 0 Å². The van der Waals surface area contributed by atoms with Gasteiger partial charge in [0.25, 0.3) is 10.0 Å². The first-order chi connectivity index (χ1) is 11.0. The number of nitrogens with two attached hydrogens (primary N) is 1. The van der Waals surface area contributed by atoms with Crippen LogP contribution in [0, 0.1) is 0 Å². The number of rotatable bonds is 4. The van der Waals surface area contributed by atoms with Crippen LogP contribution in [0.4, 0.5) is 11.4 Å². The number of pyridine rings is 1. The molecule has 0 bridgehead atoms. The van der Waals surface area contributed by atoms with Gasteiger partial charge in [-0.15, -0.1) is 0 Å². The molecule has 3 aromatic rings. The molecule has 0 atom stereocenters. The van der Waals surface area contributed by atoms with Gasteiger partial charge in [-0.3, -0.25) is 9.71 Å². The van der Waals surface area contributed by atoms with Gasteiger partial charge in [-0.2, -0.15) is 0 Å². The number of nitrogen functional groups attached to an aromatic ring is 1. The number of sulfonamides is 1. The van der Waals surface area contributed by atoms with Crippen molar-refractivity contribution in [2.45, 2.75) is 4.90 Å². The lowest BCUT2D eigenvalue weighted by Crippen LogP contribution is -2.12. The quantitative estimate of drug-likeness (QED) is 0.722. The fraction of sp³-hybridized carbons (Fsp3) is 0. The van der Waals surface area contributed by atoms with E-state index < -0.39 is 10.0 Å². The van der Waals surface area contributed by atoms with Crippen LogP contribution in [0.1, 0.15) is 0 Å². The van der Waals surface area contributed by atoms with Gasteiger partial charge < -0.3 is 5.73 Å². The van der Waals surface area contributed by atoms with E-state index in [0.717, 1.165) is 11.1 Å². The summed E-state index contributed by atoms with van der Waals surface area (Å²) in [7, 11) is -3.64. The van der Waals surface area contributed by atoms with Crippen LogP contribution >= 0.6 is 0 Å². The highest BCUT2D eigenvalue weighted by Crippen LogP contribution is 2.23. The Balaban J connectivity index is 1.87. The molecule has 3 N–H and O–H groups in total. The van der Waals surface area contributed by atoms with E-state index in [1.165, 1.54) is 6.20 Å². The predicted molar refractivity (Wildman–Crippen MR) is 91.3 cm³/mol. The molecule has 0 spiro atoms. The Kier molecular flexibility index (Phi) is 3.99. The molecule has 0 saturated heterocycles. The Morgan fingerprint density at radius 1 is 0.913 bits per heavy atom. The zero-order chi connectivity index (χ0) is 16.3. The van der Waals surface area contributed by atoms with Gasteiger partial charge in [0.2, 0.25) is 0 Å². The molecule has 0 aliphatic carbocycles. The normalized spacial score (nSPS) is 11.1. The fourth-order valence-electron chi connectivity index (χ4n) is 2.18. The summed E-state index contributed by atoms with van der Waals surface area (Å²) in [5.41, 5.74) is 8.70. The van der Waals surface area contributed by atoms with Crippen molar-refractivity contribution in [2.24, 2.45) is 0 Å². The molecule has 23 heavy (non-hydrogen) atoms. The van der Waals surface area contributed by atoms with Crippen molar-refractivity contribution in [1.29, 1.82) is 0 Å². The molecule has 0 radical (unpaired) electrons. The van der Waals surface area contributed by atoms with Gasteiger partial charge in [-0.05, 0) is 47.5 Å². The van der Waals surface area contributed by atoms with Crippen molar-refractivity contribution in [1.82, 2.24) is 4.98 Å². The van der Waals surface area contributed by atoms with E-state index in [1.807, 2.05) is 18.2 Å². The molecule has 5 nitrogen and oxygen atoms in total. The van der Waals surface area contributed by atoms with Gasteiger partial charge in [-0.1, -0.05) is 24.3 Å². The van der Waals surface area contributed by atoms with Crippen molar-refractivity contribution in [3.63, 3.8) is 0 Å². The summed E-state index contributed by atoms with van der Waals surface area (Å²) in [6.45, 7) is 0. The van der Waals surface area contributed by atoms with Gasteiger partial charge >= 0.3 is 0 Å². The summed E-state index contributed by atoms with van der Waals surface area (Å²) in [6.07, 6.45) is 3.04. The first-order valence-corrected chi connectivity index (χ1v) is 8.42. The SMILES string of the molecule is Nc1cccc(-c2ccc(S(=O)(=O)Nc3cccnc3)cc2)c1. The Bertz CT molecular complexity index is 908. The average molecular weight is 325 g/mol. The van der Waals surface area contributed by atoms with Crippen LogP contribution in [0.25, 0.3) is 11.1 Å². The van der Waals surface area contributed by atoms with Crippen molar-refractivity contribution in [3.8, 4) is 11.1 Å². The Morgan fingerprint density at radius 2 is 1.70 bits per heavy atom. The molecule has 1 heterocycles. The maximum absolute atomic E-state index is 12.3. The van der Waals surface area contributed by atoms with Gasteiger partial charge in [-0.25, -0.2) is 8.42 Å². The van der Waals surface area contributed by atoms with Gasteiger partial charge in [0, 0.05) is 11.9 Å². The molecule has 0 fully saturated rings. The summed E-state index contributed by atoms with van der Waals surface area (Å²) in [5.74, 6) is 0. The topological polar surface area (TPSA) is 85.1 Å². The average Bonchev–Trinajstić information content (AvgIpc) is 2.55. The Hall–Kier alpha value is -2.86. The predicted octanol–water partition coefficient (Wildman–Crippen LogP) is 3.13. The third kappa shape index (κ3) is 3.49. The van der Waals surface area contributed by atoms with Crippen LogP contribution < -0.4 is 10.5 Å². The number of hydrogen-bond acceptors (Lipinski definition) is 4. The van der Waals surface area contributed by atoms with Crippen LogP contribution in [0.5, 0.6) is 0 Å². The third-order valence-electron chi connectivity index (χ3n) is 3.30. The highest BCUT2D eigenvalue weighted by molar-refractivity contribution is 7.92. The zero-order valence-corrected chi connectivity index (χ0v) is 13.0. The van der Waals surface area contributed by atoms with Crippen molar-refractivity contribution in [2.75, 3.05) is 10.5 Å². The van der Waals surface area contributed by atoms with E-state index in [4.69, 9.17) is 5.73 Å². The lowest BCUT2D eigenvalue weighted by atomic mass is 10.1. The lowest BCUT2D eigenvalue weighted by molar-refractivity contribution is 0.601. The van der Waals surface area contributed by atoms with E-state index in [9.17, 15) is 8.42 Å². The Labute approximate surface area is 134 Å². The molecule has 0 unspecified atom stereocenters. The van der Waals surface area contributed by atoms with E-state index in [0.29, 0.717) is 11.4 Å². The number of benzene rings is 2. The first kappa shape index (κ1) is 15.1. The van der Waals surface area contributed by atoms with Crippen molar-refractivity contribution >= 4 is 21.4 Å². The van der Waals surface area contributed by atoms with E-state index in [-0.39, 0.29) is 4.90 Å². The van der Waals surface area contributed by atoms with Gasteiger partial charge in [0.1, 0.15) is 0 Å². The minimum atomic E-state index is -3.64. The standard InChI is InChI=1S/C17H15N3O2S/c18-15-4-1-3-14(11-15)13-6-8-17(9-7-13)23(21,22)20-16-5-2-10-19-12-16/h1-12,20H,18H2. The molecule has 3 rings (SSSR count). The second-order valence-corrected chi connectivity index (χ2v) is 6.68. The monoisotopic (exact) mass is 325 g/mol. The van der Waals surface area contributed by atoms with E-state index in [1.54, 1.807) is 48.7 Å². The third-order valence-corrected chi connectivity index (χ3v) is 4.70. The molecule has 6 heteroatoms. The minimum absolute atomic E-state index is 0.189. The van der Waals surface area contributed by atoms with Crippen molar-refractivity contribution in [3.05, 3.63) is 73.1 Å². The second-order valence-electron chi connectivity index (χ2n) is 5.00. The first-order valence-electron chi connectivity index (χ1n) is 6.93. The number of nitrogens with zero attached hydrogens (tertiary/aromatic N) is 1. The van der Waals surface area contributed by atoms with Crippen LogP contribution in [-0.4, -0.2) is 13.4 Å². The minimum Gasteiger partial charge on any atom is -0.399 e. The molecule has 0 aliphatic rings. The Morgan fingerprint density at radius 3 is 2.35 bits per heavy atom. The molecule has 116 valence electrons. The summed E-state index contributed by atoms with van der Waals surface area (Å²) < 4.78 is 27.2. The maximum atomic E-state index is 12.3. The van der Waals surface area contributed by atoms with Crippen LogP contribution in [0.15, 0.2) is 78.0 Å². The molecular formula is C17H15N3O2S. The molecule has 0 amide bonds. The maximum Gasteiger partial charge on any atom is 0.261 e. The molecule has 1 aromatic heterocycles. The molecule has 2 aromatic carbocycles. The molecular weight excluding hydrogens is 310 g/mol. The highest BCUT2D eigenvalue weighted by Gasteiger charge is 2.14. The largest absolute Gasteiger partial charge is 0.399 e. The number of aromatic nitrogens is 1. The second kappa shape index (κ2) is 6.10. The smallest absolute Gasteiger partial charge is 0.261 e. The van der Waals surface area contributed by atoms with Crippen molar-refractivity contribution < 1.29 is 8.42 Å². The number of nitrogens with one attached hydrogen (secondary N) is 1. The molecule has 0 aliphatic heterocycles. The zero-order valence-electron chi connectivity index (χ0n) is 12.2. The summed E-state index contributed by atoms with van der Waals surface area (Å²) in [4.78, 5) is 4.07. The van der Waals surface area contributed by atoms with E-state index in [2.05, 4.69) is 9.71 Å². The van der Waals surface area contributed by atoms with E-state index >= 15 is 0 Å². The summed E-state index contributed by atoms with van der Waals surface area (Å²) in [5, 5.41) is 0. The van der Waals surface area contributed by atoms with Crippen LogP contribution in [0.3, 0.4) is 0 Å². The fourth-order valence-corrected chi connectivity index (χ4v) is 3.23. The molecule has 0 saturated carbocycles. The lowest BCUT2D eigenvalue weighted by Gasteiger charge is -2.09. The highest BCUT2D eigenvalue weighted by atomic mass is 32.2. The van der Waals surface area contributed by atoms with Crippen LogP contribution in [-0.2, 0) is 10.0 Å².